The Bertz CT molecular complexity index is 456. The summed E-state index contributed by atoms with van der Waals surface area (Å²) < 4.78 is 22.8. The zero-order valence-electron chi connectivity index (χ0n) is 9.97. The molecule has 0 heterocycles. The van der Waals surface area contributed by atoms with Gasteiger partial charge < -0.3 is 14.6 Å². The van der Waals surface area contributed by atoms with E-state index in [9.17, 15) is 14.0 Å². The summed E-state index contributed by atoms with van der Waals surface area (Å²) in [7, 11) is 0. The molecule has 0 aliphatic rings. The van der Waals surface area contributed by atoms with Crippen molar-refractivity contribution in [2.24, 2.45) is 0 Å². The highest BCUT2D eigenvalue weighted by molar-refractivity contribution is 5.88. The minimum atomic E-state index is -1.27. The van der Waals surface area contributed by atoms with Crippen LogP contribution in [0.2, 0.25) is 0 Å². The molecule has 1 rings (SSSR count). The first-order valence-corrected chi connectivity index (χ1v) is 5.24. The van der Waals surface area contributed by atoms with Gasteiger partial charge >= 0.3 is 11.9 Å². The average Bonchev–Trinajstić information content (AvgIpc) is 2.24. The number of halogens is 1. The molecule has 98 valence electrons. The number of ether oxygens (including phenoxy) is 2. The fourth-order valence-electron chi connectivity index (χ4n) is 1.21. The van der Waals surface area contributed by atoms with Gasteiger partial charge in [0.15, 0.2) is 6.61 Å². The highest BCUT2D eigenvalue weighted by Gasteiger charge is 2.10. The molecule has 0 unspecified atom stereocenters. The Kier molecular flexibility index (Phi) is 4.65. The van der Waals surface area contributed by atoms with Crippen molar-refractivity contribution in [3.8, 4) is 5.75 Å². The summed E-state index contributed by atoms with van der Waals surface area (Å²) in [5.41, 5.74) is -0.248. The number of esters is 1. The number of carboxylic acid groups (broad SMARTS) is 1. The summed E-state index contributed by atoms with van der Waals surface area (Å²) in [5.74, 6) is -2.66. The smallest absolute Gasteiger partial charge is 0.344 e. The minimum Gasteiger partial charge on any atom is -0.482 e. The molecule has 0 saturated heterocycles. The van der Waals surface area contributed by atoms with Crippen LogP contribution in [0.4, 0.5) is 4.39 Å². The van der Waals surface area contributed by atoms with Gasteiger partial charge in [-0.05, 0) is 26.0 Å². The van der Waals surface area contributed by atoms with Gasteiger partial charge in [-0.2, -0.15) is 0 Å². The zero-order chi connectivity index (χ0) is 13.7. The maximum absolute atomic E-state index is 13.1. The third-order valence-electron chi connectivity index (χ3n) is 1.84. The van der Waals surface area contributed by atoms with E-state index in [4.69, 9.17) is 14.6 Å². The van der Waals surface area contributed by atoms with Gasteiger partial charge in [-0.15, -0.1) is 0 Å². The summed E-state index contributed by atoms with van der Waals surface area (Å²) in [4.78, 5) is 21.8. The van der Waals surface area contributed by atoms with Crippen molar-refractivity contribution in [3.05, 3.63) is 29.6 Å². The van der Waals surface area contributed by atoms with Crippen LogP contribution in [-0.2, 0) is 9.53 Å². The second-order valence-electron chi connectivity index (χ2n) is 3.81. The highest BCUT2D eigenvalue weighted by atomic mass is 19.1. The van der Waals surface area contributed by atoms with Crippen molar-refractivity contribution < 1.29 is 28.6 Å². The molecule has 0 amide bonds. The fourth-order valence-corrected chi connectivity index (χ4v) is 1.21. The van der Waals surface area contributed by atoms with Gasteiger partial charge in [-0.1, -0.05) is 0 Å². The van der Waals surface area contributed by atoms with Crippen molar-refractivity contribution in [1.82, 2.24) is 0 Å². The van der Waals surface area contributed by atoms with Crippen LogP contribution in [0, 0.1) is 5.82 Å². The first kappa shape index (κ1) is 14.0. The van der Waals surface area contributed by atoms with E-state index in [-0.39, 0.29) is 17.4 Å². The van der Waals surface area contributed by atoms with Gasteiger partial charge in [0.1, 0.15) is 11.6 Å². The van der Waals surface area contributed by atoms with Crippen LogP contribution in [-0.4, -0.2) is 29.8 Å². The molecular formula is C12H13FO5. The largest absolute Gasteiger partial charge is 0.482 e. The number of carbonyl (C=O) groups excluding carboxylic acids is 1. The Morgan fingerprint density at radius 2 is 2.00 bits per heavy atom. The van der Waals surface area contributed by atoms with E-state index in [1.807, 2.05) is 0 Å². The van der Waals surface area contributed by atoms with Gasteiger partial charge in [0.25, 0.3) is 0 Å². The Morgan fingerprint density at radius 3 is 2.56 bits per heavy atom. The fraction of sp³-hybridized carbons (Fsp3) is 0.333. The molecule has 0 aliphatic carbocycles. The number of aromatic carboxylic acids is 1. The summed E-state index contributed by atoms with van der Waals surface area (Å²) in [6.07, 6.45) is -0.275. The van der Waals surface area contributed by atoms with Crippen molar-refractivity contribution in [2.45, 2.75) is 20.0 Å². The van der Waals surface area contributed by atoms with Crippen molar-refractivity contribution in [3.63, 3.8) is 0 Å². The van der Waals surface area contributed by atoms with Gasteiger partial charge in [0.05, 0.1) is 11.7 Å². The van der Waals surface area contributed by atoms with Crippen LogP contribution in [0.5, 0.6) is 5.75 Å². The molecule has 0 aromatic heterocycles. The number of hydrogen-bond acceptors (Lipinski definition) is 4. The van der Waals surface area contributed by atoms with Gasteiger partial charge in [0, 0.05) is 6.07 Å². The maximum atomic E-state index is 13.1. The average molecular weight is 256 g/mol. The molecule has 0 saturated carbocycles. The molecule has 18 heavy (non-hydrogen) atoms. The lowest BCUT2D eigenvalue weighted by molar-refractivity contribution is -0.149. The monoisotopic (exact) mass is 256 g/mol. The van der Waals surface area contributed by atoms with Crippen molar-refractivity contribution in [1.29, 1.82) is 0 Å². The maximum Gasteiger partial charge on any atom is 0.344 e. The molecule has 1 aromatic carbocycles. The van der Waals surface area contributed by atoms with E-state index in [0.29, 0.717) is 0 Å². The lowest BCUT2D eigenvalue weighted by Gasteiger charge is -2.09. The molecule has 1 N–H and O–H groups in total. The summed E-state index contributed by atoms with van der Waals surface area (Å²) in [6.45, 7) is 2.96. The lowest BCUT2D eigenvalue weighted by atomic mass is 10.2. The van der Waals surface area contributed by atoms with Gasteiger partial charge in [0.2, 0.25) is 0 Å². The number of rotatable bonds is 5. The Morgan fingerprint density at radius 1 is 1.33 bits per heavy atom. The number of hydrogen-bond donors (Lipinski definition) is 1. The van der Waals surface area contributed by atoms with Crippen LogP contribution in [0.15, 0.2) is 18.2 Å². The topological polar surface area (TPSA) is 72.8 Å². The molecule has 5 nitrogen and oxygen atoms in total. The van der Waals surface area contributed by atoms with Crippen molar-refractivity contribution >= 4 is 11.9 Å². The van der Waals surface area contributed by atoms with Gasteiger partial charge in [-0.3, -0.25) is 0 Å². The first-order valence-electron chi connectivity index (χ1n) is 5.24. The van der Waals surface area contributed by atoms with E-state index >= 15 is 0 Å². The first-order chi connectivity index (χ1) is 8.38. The molecule has 0 aliphatic heterocycles. The van der Waals surface area contributed by atoms with Crippen molar-refractivity contribution in [2.75, 3.05) is 6.61 Å². The summed E-state index contributed by atoms with van der Waals surface area (Å²) >= 11 is 0. The van der Waals surface area contributed by atoms with Crippen LogP contribution >= 0.6 is 0 Å². The third-order valence-corrected chi connectivity index (χ3v) is 1.84. The van der Waals surface area contributed by atoms with Crippen LogP contribution in [0.1, 0.15) is 24.2 Å². The molecule has 0 atom stereocenters. The molecular weight excluding hydrogens is 243 g/mol. The third kappa shape index (κ3) is 4.40. The predicted molar refractivity (Wildman–Crippen MR) is 60.1 cm³/mol. The van der Waals surface area contributed by atoms with E-state index in [0.717, 1.165) is 18.2 Å². The molecule has 6 heteroatoms. The van der Waals surface area contributed by atoms with E-state index in [2.05, 4.69) is 0 Å². The second-order valence-corrected chi connectivity index (χ2v) is 3.81. The summed E-state index contributed by atoms with van der Waals surface area (Å²) in [6, 6.07) is 2.99. The molecule has 0 fully saturated rings. The predicted octanol–water partition coefficient (Wildman–Crippen LogP) is 1.85. The highest BCUT2D eigenvalue weighted by Crippen LogP contribution is 2.16. The lowest BCUT2D eigenvalue weighted by Crippen LogP contribution is -2.18. The standard InChI is InChI=1S/C12H13FO5/c1-7(2)18-11(14)6-17-10-4-8(12(15)16)3-9(13)5-10/h3-5,7H,6H2,1-2H3,(H,15,16). The van der Waals surface area contributed by atoms with E-state index in [1.165, 1.54) is 0 Å². The molecule has 0 spiro atoms. The van der Waals surface area contributed by atoms with Crippen LogP contribution < -0.4 is 4.74 Å². The molecule has 1 aromatic rings. The molecule has 0 bridgehead atoms. The number of carboxylic acids is 1. The van der Waals surface area contributed by atoms with Gasteiger partial charge in [-0.25, -0.2) is 14.0 Å². The Hall–Kier alpha value is -2.11. The van der Waals surface area contributed by atoms with E-state index in [1.54, 1.807) is 13.8 Å². The normalized spacial score (nSPS) is 10.2. The SMILES string of the molecule is CC(C)OC(=O)COc1cc(F)cc(C(=O)O)c1. The number of benzene rings is 1. The minimum absolute atomic E-state index is 0.0342. The van der Waals surface area contributed by atoms with E-state index < -0.39 is 24.4 Å². The Balaban J connectivity index is 2.67. The number of carbonyl (C=O) groups is 2. The Labute approximate surface area is 103 Å². The zero-order valence-corrected chi connectivity index (χ0v) is 9.97. The second kappa shape index (κ2) is 6.00. The molecule has 0 radical (unpaired) electrons. The van der Waals surface area contributed by atoms with Crippen LogP contribution in [0.25, 0.3) is 0 Å². The van der Waals surface area contributed by atoms with Crippen LogP contribution in [0.3, 0.4) is 0 Å². The quantitative estimate of drug-likeness (QED) is 0.814. The summed E-state index contributed by atoms with van der Waals surface area (Å²) in [5, 5.41) is 8.72.